The van der Waals surface area contributed by atoms with Crippen molar-refractivity contribution < 1.29 is 4.92 Å². The third kappa shape index (κ3) is 4.08. The van der Waals surface area contributed by atoms with E-state index < -0.39 is 0 Å². The molecule has 1 unspecified atom stereocenters. The van der Waals surface area contributed by atoms with Gasteiger partial charge in [0.05, 0.1) is 4.92 Å². The maximum absolute atomic E-state index is 11.1. The van der Waals surface area contributed by atoms with Crippen LogP contribution in [0, 0.1) is 17.0 Å². The number of nitro groups is 1. The fourth-order valence-corrected chi connectivity index (χ4v) is 3.02. The maximum atomic E-state index is 11.1. The van der Waals surface area contributed by atoms with Gasteiger partial charge in [0, 0.05) is 56.2 Å². The summed E-state index contributed by atoms with van der Waals surface area (Å²) in [5.74, 6) is 0. The molecule has 1 aliphatic heterocycles. The predicted octanol–water partition coefficient (Wildman–Crippen LogP) is 2.87. The van der Waals surface area contributed by atoms with Gasteiger partial charge in [0.2, 0.25) is 0 Å². The third-order valence-electron chi connectivity index (χ3n) is 4.28. The maximum Gasteiger partial charge on any atom is 0.272 e. The molecular weight excluding hydrogens is 328 g/mol. The van der Waals surface area contributed by atoms with Crippen molar-refractivity contribution >= 4 is 18.1 Å². The van der Waals surface area contributed by atoms with Crippen molar-refractivity contribution in [2.24, 2.45) is 0 Å². The van der Waals surface area contributed by atoms with Gasteiger partial charge in [0.25, 0.3) is 5.69 Å². The minimum absolute atomic E-state index is 0. The summed E-state index contributed by atoms with van der Waals surface area (Å²) in [6.45, 7) is 5.15. The number of nitrogens with zero attached hydrogens (tertiary/aromatic N) is 3. The zero-order chi connectivity index (χ0) is 16.2. The number of rotatable bonds is 4. The van der Waals surface area contributed by atoms with E-state index in [0.29, 0.717) is 12.1 Å². The zero-order valence-electron chi connectivity index (χ0n) is 13.5. The summed E-state index contributed by atoms with van der Waals surface area (Å²) in [6.07, 6.45) is 3.66. The molecule has 1 aromatic carbocycles. The second kappa shape index (κ2) is 8.19. The minimum Gasteiger partial charge on any atom is -0.314 e. The van der Waals surface area contributed by atoms with Crippen LogP contribution >= 0.6 is 12.4 Å². The number of piperazine rings is 1. The highest BCUT2D eigenvalue weighted by atomic mass is 35.5. The number of aryl methyl sites for hydroxylation is 1. The van der Waals surface area contributed by atoms with E-state index in [4.69, 9.17) is 0 Å². The lowest BCUT2D eigenvalue weighted by atomic mass is 10.0. The lowest BCUT2D eigenvalue weighted by molar-refractivity contribution is -0.385. The van der Waals surface area contributed by atoms with Gasteiger partial charge in [-0.05, 0) is 24.1 Å². The van der Waals surface area contributed by atoms with Crippen LogP contribution in [0.4, 0.5) is 5.69 Å². The van der Waals surface area contributed by atoms with Gasteiger partial charge in [-0.2, -0.15) is 0 Å². The van der Waals surface area contributed by atoms with Crippen LogP contribution in [0.5, 0.6) is 0 Å². The Bertz CT molecular complexity index is 696. The first-order valence-electron chi connectivity index (χ1n) is 7.74. The summed E-state index contributed by atoms with van der Waals surface area (Å²) >= 11 is 0. The minimum atomic E-state index is -0.310. The molecule has 1 atom stereocenters. The standard InChI is InChI=1S/C17H20N4O2.ClH/c1-13-4-5-14(9-16(13)21(22)23)12-20-8-7-19-11-17(20)15-3-2-6-18-10-15;/h2-6,9-10,17,19H,7-8,11-12H2,1H3;1H. The van der Waals surface area contributed by atoms with Crippen LogP contribution in [-0.2, 0) is 6.54 Å². The van der Waals surface area contributed by atoms with Crippen molar-refractivity contribution in [1.82, 2.24) is 15.2 Å². The zero-order valence-corrected chi connectivity index (χ0v) is 14.3. The second-order valence-electron chi connectivity index (χ2n) is 5.85. The molecule has 1 fully saturated rings. The van der Waals surface area contributed by atoms with Crippen LogP contribution in [0.1, 0.15) is 22.7 Å². The number of aromatic nitrogens is 1. The number of nitro benzene ring substituents is 1. The van der Waals surface area contributed by atoms with Crippen molar-refractivity contribution in [3.63, 3.8) is 0 Å². The van der Waals surface area contributed by atoms with Gasteiger partial charge in [-0.15, -0.1) is 12.4 Å². The quantitative estimate of drug-likeness (QED) is 0.679. The molecule has 24 heavy (non-hydrogen) atoms. The Hall–Kier alpha value is -2.02. The summed E-state index contributed by atoms with van der Waals surface area (Å²) in [5.41, 5.74) is 3.03. The highest BCUT2D eigenvalue weighted by Crippen LogP contribution is 2.26. The van der Waals surface area contributed by atoms with Gasteiger partial charge in [-0.25, -0.2) is 0 Å². The van der Waals surface area contributed by atoms with Gasteiger partial charge in [0.1, 0.15) is 0 Å². The van der Waals surface area contributed by atoms with E-state index in [1.807, 2.05) is 24.4 Å². The Kier molecular flexibility index (Phi) is 6.25. The predicted molar refractivity (Wildman–Crippen MR) is 95.3 cm³/mol. The molecule has 1 N–H and O–H groups in total. The average Bonchev–Trinajstić information content (AvgIpc) is 2.57. The van der Waals surface area contributed by atoms with Crippen LogP contribution in [0.2, 0.25) is 0 Å². The normalized spacial score (nSPS) is 18.0. The number of pyridine rings is 1. The van der Waals surface area contributed by atoms with Crippen LogP contribution in [0.25, 0.3) is 0 Å². The number of hydrogen-bond acceptors (Lipinski definition) is 5. The molecule has 3 rings (SSSR count). The second-order valence-corrected chi connectivity index (χ2v) is 5.85. The molecule has 0 amide bonds. The van der Waals surface area contributed by atoms with E-state index in [1.165, 1.54) is 5.56 Å². The Balaban J connectivity index is 0.00000208. The van der Waals surface area contributed by atoms with Crippen LogP contribution < -0.4 is 5.32 Å². The summed E-state index contributed by atoms with van der Waals surface area (Å²) in [4.78, 5) is 17.4. The van der Waals surface area contributed by atoms with E-state index in [2.05, 4.69) is 21.3 Å². The van der Waals surface area contributed by atoms with Crippen LogP contribution in [0.3, 0.4) is 0 Å². The summed E-state index contributed by atoms with van der Waals surface area (Å²) in [5, 5.41) is 14.5. The van der Waals surface area contributed by atoms with Crippen molar-refractivity contribution in [3.05, 3.63) is 69.5 Å². The Morgan fingerprint density at radius 2 is 2.25 bits per heavy atom. The van der Waals surface area contributed by atoms with E-state index >= 15 is 0 Å². The number of benzene rings is 1. The number of hydrogen-bond donors (Lipinski definition) is 1. The molecule has 2 aromatic rings. The van der Waals surface area contributed by atoms with Crippen LogP contribution in [0.15, 0.2) is 42.7 Å². The topological polar surface area (TPSA) is 71.3 Å². The number of nitrogens with one attached hydrogen (secondary N) is 1. The van der Waals surface area contributed by atoms with Crippen molar-refractivity contribution in [3.8, 4) is 0 Å². The van der Waals surface area contributed by atoms with Gasteiger partial charge in [-0.1, -0.05) is 18.2 Å². The van der Waals surface area contributed by atoms with E-state index in [0.717, 1.165) is 25.2 Å². The fourth-order valence-electron chi connectivity index (χ4n) is 3.02. The molecule has 0 aliphatic carbocycles. The molecule has 1 aliphatic rings. The molecular formula is C17H21ClN4O2. The highest BCUT2D eigenvalue weighted by molar-refractivity contribution is 5.85. The largest absolute Gasteiger partial charge is 0.314 e. The molecule has 0 saturated carbocycles. The van der Waals surface area contributed by atoms with Gasteiger partial charge >= 0.3 is 0 Å². The lowest BCUT2D eigenvalue weighted by Crippen LogP contribution is -2.45. The van der Waals surface area contributed by atoms with E-state index in [9.17, 15) is 10.1 Å². The van der Waals surface area contributed by atoms with Crippen molar-refractivity contribution in [1.29, 1.82) is 0 Å². The van der Waals surface area contributed by atoms with Gasteiger partial charge < -0.3 is 5.32 Å². The molecule has 6 nitrogen and oxygen atoms in total. The monoisotopic (exact) mass is 348 g/mol. The first kappa shape index (κ1) is 18.3. The summed E-state index contributed by atoms with van der Waals surface area (Å²) < 4.78 is 0. The van der Waals surface area contributed by atoms with E-state index in [-0.39, 0.29) is 29.1 Å². The first-order valence-corrected chi connectivity index (χ1v) is 7.74. The van der Waals surface area contributed by atoms with Gasteiger partial charge in [0.15, 0.2) is 0 Å². The van der Waals surface area contributed by atoms with Crippen molar-refractivity contribution in [2.45, 2.75) is 19.5 Å². The molecule has 1 saturated heterocycles. The highest BCUT2D eigenvalue weighted by Gasteiger charge is 2.24. The molecule has 1 aromatic heterocycles. The molecule has 7 heteroatoms. The summed E-state index contributed by atoms with van der Waals surface area (Å²) in [6, 6.07) is 9.75. The molecule has 2 heterocycles. The lowest BCUT2D eigenvalue weighted by Gasteiger charge is -2.36. The average molecular weight is 349 g/mol. The Labute approximate surface area is 147 Å². The Morgan fingerprint density at radius 3 is 2.96 bits per heavy atom. The third-order valence-corrected chi connectivity index (χ3v) is 4.28. The van der Waals surface area contributed by atoms with Crippen molar-refractivity contribution in [2.75, 3.05) is 19.6 Å². The Morgan fingerprint density at radius 1 is 1.42 bits per heavy atom. The SMILES string of the molecule is Cc1ccc(CN2CCNCC2c2cccnc2)cc1[N+](=O)[O-].Cl. The molecule has 0 spiro atoms. The molecule has 0 radical (unpaired) electrons. The summed E-state index contributed by atoms with van der Waals surface area (Å²) in [7, 11) is 0. The first-order chi connectivity index (χ1) is 11.1. The molecule has 0 bridgehead atoms. The van der Waals surface area contributed by atoms with E-state index in [1.54, 1.807) is 19.2 Å². The van der Waals surface area contributed by atoms with Crippen LogP contribution in [-0.4, -0.2) is 34.4 Å². The van der Waals surface area contributed by atoms with Gasteiger partial charge in [-0.3, -0.25) is 20.0 Å². The smallest absolute Gasteiger partial charge is 0.272 e. The number of halogens is 1. The molecule has 128 valence electrons. The fraction of sp³-hybridized carbons (Fsp3) is 0.353.